The van der Waals surface area contributed by atoms with Gasteiger partial charge in [-0.05, 0) is 56.9 Å². The second kappa shape index (κ2) is 7.05. The molecule has 2 aliphatic rings. The quantitative estimate of drug-likeness (QED) is 0.775. The fraction of sp³-hybridized carbons (Fsp3) is 0.588. The SMILES string of the molecule is C=Nc1ccc(N2CCN(CCN3CCCC3)CC2)cc1. The van der Waals surface area contributed by atoms with Crippen LogP contribution < -0.4 is 4.90 Å². The van der Waals surface area contributed by atoms with Crippen molar-refractivity contribution in [1.82, 2.24) is 9.80 Å². The number of aliphatic imine (C=N–C) groups is 1. The maximum atomic E-state index is 3.95. The molecule has 0 N–H and O–H groups in total. The Labute approximate surface area is 128 Å². The Hall–Kier alpha value is -1.39. The molecule has 1 aromatic rings. The lowest BCUT2D eigenvalue weighted by atomic mass is 10.2. The van der Waals surface area contributed by atoms with E-state index in [1.54, 1.807) is 0 Å². The number of hydrogen-bond acceptors (Lipinski definition) is 4. The smallest absolute Gasteiger partial charge is 0.0623 e. The fourth-order valence-corrected chi connectivity index (χ4v) is 3.29. The first-order valence-corrected chi connectivity index (χ1v) is 8.11. The number of rotatable bonds is 5. The van der Waals surface area contributed by atoms with Crippen molar-refractivity contribution in [2.75, 3.05) is 57.3 Å². The van der Waals surface area contributed by atoms with Gasteiger partial charge in [0.2, 0.25) is 0 Å². The van der Waals surface area contributed by atoms with E-state index in [1.807, 2.05) is 12.1 Å². The van der Waals surface area contributed by atoms with Crippen LogP contribution in [0.5, 0.6) is 0 Å². The highest BCUT2D eigenvalue weighted by atomic mass is 15.3. The Kier molecular flexibility index (Phi) is 4.88. The van der Waals surface area contributed by atoms with Gasteiger partial charge in [0, 0.05) is 45.0 Å². The van der Waals surface area contributed by atoms with Crippen molar-refractivity contribution in [2.45, 2.75) is 12.8 Å². The van der Waals surface area contributed by atoms with Gasteiger partial charge in [0.25, 0.3) is 0 Å². The molecule has 2 fully saturated rings. The Bertz CT molecular complexity index is 442. The summed E-state index contributed by atoms with van der Waals surface area (Å²) in [4.78, 5) is 11.6. The second-order valence-electron chi connectivity index (χ2n) is 6.05. The zero-order valence-corrected chi connectivity index (χ0v) is 12.9. The van der Waals surface area contributed by atoms with Gasteiger partial charge in [0.15, 0.2) is 0 Å². The van der Waals surface area contributed by atoms with Gasteiger partial charge >= 0.3 is 0 Å². The summed E-state index contributed by atoms with van der Waals surface area (Å²) in [6, 6.07) is 8.40. The highest BCUT2D eigenvalue weighted by molar-refractivity contribution is 5.55. The molecule has 4 nitrogen and oxygen atoms in total. The van der Waals surface area contributed by atoms with E-state index < -0.39 is 0 Å². The topological polar surface area (TPSA) is 22.1 Å². The summed E-state index contributed by atoms with van der Waals surface area (Å²) in [5.74, 6) is 0. The van der Waals surface area contributed by atoms with Crippen molar-refractivity contribution in [2.24, 2.45) is 4.99 Å². The molecular formula is C17H26N4. The number of likely N-dealkylation sites (tertiary alicyclic amines) is 1. The second-order valence-corrected chi connectivity index (χ2v) is 6.05. The van der Waals surface area contributed by atoms with Gasteiger partial charge in [-0.2, -0.15) is 0 Å². The molecule has 2 aliphatic heterocycles. The van der Waals surface area contributed by atoms with Crippen LogP contribution in [0, 0.1) is 0 Å². The van der Waals surface area contributed by atoms with Crippen molar-refractivity contribution >= 4 is 18.1 Å². The van der Waals surface area contributed by atoms with E-state index in [-0.39, 0.29) is 0 Å². The zero-order valence-electron chi connectivity index (χ0n) is 12.9. The van der Waals surface area contributed by atoms with Crippen molar-refractivity contribution < 1.29 is 0 Å². The molecule has 4 heteroatoms. The minimum atomic E-state index is 0.947. The summed E-state index contributed by atoms with van der Waals surface area (Å²) < 4.78 is 0. The lowest BCUT2D eigenvalue weighted by Crippen LogP contribution is -2.48. The lowest BCUT2D eigenvalue weighted by Gasteiger charge is -2.36. The maximum Gasteiger partial charge on any atom is 0.0623 e. The van der Waals surface area contributed by atoms with Crippen LogP contribution in [0.2, 0.25) is 0 Å². The minimum absolute atomic E-state index is 0.947. The molecule has 0 atom stereocenters. The molecule has 0 aliphatic carbocycles. The average Bonchev–Trinajstić information content (AvgIpc) is 3.07. The zero-order chi connectivity index (χ0) is 14.5. The van der Waals surface area contributed by atoms with Crippen molar-refractivity contribution in [3.05, 3.63) is 24.3 Å². The van der Waals surface area contributed by atoms with E-state index >= 15 is 0 Å². The highest BCUT2D eigenvalue weighted by Crippen LogP contribution is 2.20. The largest absolute Gasteiger partial charge is 0.369 e. The molecule has 114 valence electrons. The van der Waals surface area contributed by atoms with Crippen molar-refractivity contribution in [1.29, 1.82) is 0 Å². The third kappa shape index (κ3) is 3.83. The molecule has 0 aromatic heterocycles. The van der Waals surface area contributed by atoms with Gasteiger partial charge in [-0.1, -0.05) is 0 Å². The minimum Gasteiger partial charge on any atom is -0.369 e. The first-order valence-electron chi connectivity index (χ1n) is 8.11. The Morgan fingerprint density at radius 1 is 0.810 bits per heavy atom. The first kappa shape index (κ1) is 14.5. The number of benzene rings is 1. The predicted molar refractivity (Wildman–Crippen MR) is 90.0 cm³/mol. The fourth-order valence-electron chi connectivity index (χ4n) is 3.29. The van der Waals surface area contributed by atoms with E-state index in [2.05, 4.69) is 38.5 Å². The van der Waals surface area contributed by atoms with Gasteiger partial charge < -0.3 is 9.80 Å². The predicted octanol–water partition coefficient (Wildman–Crippen LogP) is 2.24. The first-order chi connectivity index (χ1) is 10.3. The average molecular weight is 286 g/mol. The van der Waals surface area contributed by atoms with Crippen LogP contribution in [0.15, 0.2) is 29.3 Å². The molecule has 0 bridgehead atoms. The molecule has 0 spiro atoms. The number of hydrogen-bond donors (Lipinski definition) is 0. The van der Waals surface area contributed by atoms with Gasteiger partial charge in [-0.25, -0.2) is 0 Å². The third-order valence-electron chi connectivity index (χ3n) is 4.70. The van der Waals surface area contributed by atoms with Crippen LogP contribution in [0.3, 0.4) is 0 Å². The van der Waals surface area contributed by atoms with Crippen molar-refractivity contribution in [3.8, 4) is 0 Å². The lowest BCUT2D eigenvalue weighted by molar-refractivity contribution is 0.215. The third-order valence-corrected chi connectivity index (χ3v) is 4.70. The summed E-state index contributed by atoms with van der Waals surface area (Å²) in [5.41, 5.74) is 2.25. The van der Waals surface area contributed by atoms with Crippen LogP contribution in [0.1, 0.15) is 12.8 Å². The van der Waals surface area contributed by atoms with Crippen LogP contribution in [-0.2, 0) is 0 Å². The molecule has 1 aromatic carbocycles. The summed E-state index contributed by atoms with van der Waals surface area (Å²) in [7, 11) is 0. The van der Waals surface area contributed by atoms with Crippen LogP contribution in [-0.4, -0.2) is 68.9 Å². The number of anilines is 1. The maximum absolute atomic E-state index is 3.95. The molecule has 0 amide bonds. The van der Waals surface area contributed by atoms with Gasteiger partial charge in [-0.3, -0.25) is 9.89 Å². The summed E-state index contributed by atoms with van der Waals surface area (Å²) in [5, 5.41) is 0. The monoisotopic (exact) mass is 286 g/mol. The highest BCUT2D eigenvalue weighted by Gasteiger charge is 2.18. The molecule has 2 saturated heterocycles. The Morgan fingerprint density at radius 3 is 1.95 bits per heavy atom. The van der Waals surface area contributed by atoms with Crippen molar-refractivity contribution in [3.63, 3.8) is 0 Å². The van der Waals surface area contributed by atoms with Crippen LogP contribution in [0.4, 0.5) is 11.4 Å². The van der Waals surface area contributed by atoms with Crippen LogP contribution >= 0.6 is 0 Å². The summed E-state index contributed by atoms with van der Waals surface area (Å²) >= 11 is 0. The van der Waals surface area contributed by atoms with Crippen LogP contribution in [0.25, 0.3) is 0 Å². The van der Waals surface area contributed by atoms with Gasteiger partial charge in [0.05, 0.1) is 5.69 Å². The van der Waals surface area contributed by atoms with Gasteiger partial charge in [0.1, 0.15) is 0 Å². The molecule has 0 unspecified atom stereocenters. The number of nitrogens with zero attached hydrogens (tertiary/aromatic N) is 4. The Morgan fingerprint density at radius 2 is 1.38 bits per heavy atom. The van der Waals surface area contributed by atoms with E-state index in [4.69, 9.17) is 0 Å². The number of piperazine rings is 1. The van der Waals surface area contributed by atoms with E-state index in [1.165, 1.54) is 57.8 Å². The molecule has 3 rings (SSSR count). The molecular weight excluding hydrogens is 260 g/mol. The van der Waals surface area contributed by atoms with E-state index in [0.717, 1.165) is 18.8 Å². The van der Waals surface area contributed by atoms with E-state index in [0.29, 0.717) is 0 Å². The molecule has 0 radical (unpaired) electrons. The summed E-state index contributed by atoms with van der Waals surface area (Å²) in [6.07, 6.45) is 2.78. The molecule has 21 heavy (non-hydrogen) atoms. The molecule has 0 saturated carbocycles. The standard InChI is InChI=1S/C17H26N4/c1-18-16-4-6-17(7-5-16)21-14-12-20(13-15-21)11-10-19-8-2-3-9-19/h4-7H,1-3,8-15H2. The molecule has 2 heterocycles. The summed E-state index contributed by atoms with van der Waals surface area (Å²) in [6.45, 7) is 13.3. The van der Waals surface area contributed by atoms with E-state index in [9.17, 15) is 0 Å². The Balaban J connectivity index is 1.44. The normalized spacial score (nSPS) is 20.9. The van der Waals surface area contributed by atoms with Gasteiger partial charge in [-0.15, -0.1) is 0 Å².